The summed E-state index contributed by atoms with van der Waals surface area (Å²) in [5, 5.41) is 10.3. The lowest BCUT2D eigenvalue weighted by atomic mass is 9.77. The summed E-state index contributed by atoms with van der Waals surface area (Å²) < 4.78 is 26.8. The number of halogens is 2. The van der Waals surface area contributed by atoms with Crippen LogP contribution in [0.1, 0.15) is 37.4 Å². The lowest BCUT2D eigenvalue weighted by Crippen LogP contribution is -2.34. The average Bonchev–Trinajstić information content (AvgIpc) is 2.82. The Morgan fingerprint density at radius 1 is 1.29 bits per heavy atom. The molecular formula is C13H17F2NO. The molecule has 1 unspecified atom stereocenters. The fourth-order valence-electron chi connectivity index (χ4n) is 2.73. The van der Waals surface area contributed by atoms with Crippen LogP contribution in [0.5, 0.6) is 0 Å². The third kappa shape index (κ3) is 2.07. The van der Waals surface area contributed by atoms with Crippen molar-refractivity contribution in [2.45, 2.75) is 31.8 Å². The van der Waals surface area contributed by atoms with Crippen molar-refractivity contribution in [2.24, 2.45) is 11.1 Å². The van der Waals surface area contributed by atoms with Crippen molar-refractivity contribution in [1.82, 2.24) is 0 Å². The van der Waals surface area contributed by atoms with E-state index in [-0.39, 0.29) is 5.56 Å². The normalized spacial score (nSPS) is 20.5. The summed E-state index contributed by atoms with van der Waals surface area (Å²) >= 11 is 0. The van der Waals surface area contributed by atoms with Crippen molar-refractivity contribution >= 4 is 0 Å². The van der Waals surface area contributed by atoms with E-state index < -0.39 is 23.2 Å². The summed E-state index contributed by atoms with van der Waals surface area (Å²) in [5.41, 5.74) is 5.25. The number of hydrogen-bond acceptors (Lipinski definition) is 2. The molecule has 1 aromatic rings. The highest BCUT2D eigenvalue weighted by molar-refractivity contribution is 5.23. The summed E-state index contributed by atoms with van der Waals surface area (Å²) in [4.78, 5) is 0. The molecule has 4 heteroatoms. The standard InChI is InChI=1S/C13H17F2NO/c14-10-5-3-4-9(11(10)15)12(17)13(8-16)6-1-2-7-13/h3-5,12,17H,1-2,6-8,16H2. The summed E-state index contributed by atoms with van der Waals surface area (Å²) in [5.74, 6) is -1.88. The first-order valence-corrected chi connectivity index (χ1v) is 5.93. The van der Waals surface area contributed by atoms with Crippen LogP contribution in [-0.2, 0) is 0 Å². The van der Waals surface area contributed by atoms with Crippen molar-refractivity contribution in [3.63, 3.8) is 0 Å². The first-order valence-electron chi connectivity index (χ1n) is 5.93. The SMILES string of the molecule is NCC1(C(O)c2cccc(F)c2F)CCCC1. The van der Waals surface area contributed by atoms with E-state index in [1.165, 1.54) is 12.1 Å². The topological polar surface area (TPSA) is 46.2 Å². The van der Waals surface area contributed by atoms with Gasteiger partial charge in [-0.15, -0.1) is 0 Å². The van der Waals surface area contributed by atoms with E-state index in [4.69, 9.17) is 5.73 Å². The van der Waals surface area contributed by atoms with Gasteiger partial charge < -0.3 is 10.8 Å². The molecule has 2 rings (SSSR count). The monoisotopic (exact) mass is 241 g/mol. The van der Waals surface area contributed by atoms with Gasteiger partial charge in [0.15, 0.2) is 11.6 Å². The van der Waals surface area contributed by atoms with Gasteiger partial charge in [-0.3, -0.25) is 0 Å². The molecule has 3 N–H and O–H groups in total. The van der Waals surface area contributed by atoms with Crippen LogP contribution in [0, 0.1) is 17.0 Å². The van der Waals surface area contributed by atoms with Gasteiger partial charge in [-0.25, -0.2) is 8.78 Å². The van der Waals surface area contributed by atoms with E-state index in [0.29, 0.717) is 6.54 Å². The zero-order chi connectivity index (χ0) is 12.5. The quantitative estimate of drug-likeness (QED) is 0.854. The Bertz CT molecular complexity index is 402. The Hall–Kier alpha value is -1.00. The first kappa shape index (κ1) is 12.5. The van der Waals surface area contributed by atoms with Crippen molar-refractivity contribution in [1.29, 1.82) is 0 Å². The van der Waals surface area contributed by atoms with Gasteiger partial charge in [-0.1, -0.05) is 25.0 Å². The number of benzene rings is 1. The van der Waals surface area contributed by atoms with Gasteiger partial charge in [0.25, 0.3) is 0 Å². The van der Waals surface area contributed by atoms with Crippen LogP contribution in [-0.4, -0.2) is 11.7 Å². The molecule has 17 heavy (non-hydrogen) atoms. The van der Waals surface area contributed by atoms with E-state index in [2.05, 4.69) is 0 Å². The lowest BCUT2D eigenvalue weighted by molar-refractivity contribution is 0.0301. The molecule has 0 spiro atoms. The second kappa shape index (κ2) is 4.70. The van der Waals surface area contributed by atoms with Crippen LogP contribution < -0.4 is 5.73 Å². The van der Waals surface area contributed by atoms with Crippen molar-refractivity contribution in [2.75, 3.05) is 6.54 Å². The Balaban J connectivity index is 2.35. The Morgan fingerprint density at radius 3 is 2.53 bits per heavy atom. The van der Waals surface area contributed by atoms with E-state index in [1.807, 2.05) is 0 Å². The number of nitrogens with two attached hydrogens (primary N) is 1. The summed E-state index contributed by atoms with van der Waals surface area (Å²) in [6.07, 6.45) is 2.46. The third-order valence-corrected chi connectivity index (χ3v) is 3.86. The summed E-state index contributed by atoms with van der Waals surface area (Å²) in [7, 11) is 0. The maximum absolute atomic E-state index is 13.6. The molecule has 0 saturated heterocycles. The highest BCUT2D eigenvalue weighted by Crippen LogP contribution is 2.47. The maximum Gasteiger partial charge on any atom is 0.164 e. The summed E-state index contributed by atoms with van der Waals surface area (Å²) in [6, 6.07) is 3.89. The van der Waals surface area contributed by atoms with Gasteiger partial charge in [0.05, 0.1) is 6.10 Å². The van der Waals surface area contributed by atoms with Crippen LogP contribution in [0.25, 0.3) is 0 Å². The van der Waals surface area contributed by atoms with Gasteiger partial charge in [-0.2, -0.15) is 0 Å². The number of aliphatic hydroxyl groups excluding tert-OH is 1. The minimum atomic E-state index is -1.02. The van der Waals surface area contributed by atoms with E-state index in [1.54, 1.807) is 0 Å². The second-order valence-electron chi connectivity index (χ2n) is 4.82. The molecule has 1 saturated carbocycles. The van der Waals surface area contributed by atoms with Crippen LogP contribution in [0.15, 0.2) is 18.2 Å². The molecule has 0 radical (unpaired) electrons. The molecule has 2 nitrogen and oxygen atoms in total. The number of aliphatic hydroxyl groups is 1. The number of hydrogen-bond donors (Lipinski definition) is 2. The van der Waals surface area contributed by atoms with Crippen LogP contribution in [0.2, 0.25) is 0 Å². The molecule has 0 bridgehead atoms. The molecule has 0 aromatic heterocycles. The average molecular weight is 241 g/mol. The highest BCUT2D eigenvalue weighted by Gasteiger charge is 2.41. The van der Waals surface area contributed by atoms with Crippen molar-refractivity contribution in [3.05, 3.63) is 35.4 Å². The Kier molecular flexibility index (Phi) is 3.45. The fraction of sp³-hybridized carbons (Fsp3) is 0.538. The molecule has 1 aliphatic rings. The van der Waals surface area contributed by atoms with Gasteiger partial charge in [-0.05, 0) is 18.9 Å². The van der Waals surface area contributed by atoms with E-state index >= 15 is 0 Å². The molecule has 0 aliphatic heterocycles. The van der Waals surface area contributed by atoms with Gasteiger partial charge in [0.2, 0.25) is 0 Å². The third-order valence-electron chi connectivity index (χ3n) is 3.86. The predicted octanol–water partition coefficient (Wildman–Crippen LogP) is 2.52. The fourth-order valence-corrected chi connectivity index (χ4v) is 2.73. The predicted molar refractivity (Wildman–Crippen MR) is 61.3 cm³/mol. The zero-order valence-electron chi connectivity index (χ0n) is 9.63. The molecule has 94 valence electrons. The largest absolute Gasteiger partial charge is 0.388 e. The molecule has 1 aromatic carbocycles. The summed E-state index contributed by atoms with van der Waals surface area (Å²) in [6.45, 7) is 0.296. The van der Waals surface area contributed by atoms with E-state index in [0.717, 1.165) is 31.7 Å². The lowest BCUT2D eigenvalue weighted by Gasteiger charge is -2.33. The van der Waals surface area contributed by atoms with Crippen LogP contribution in [0.3, 0.4) is 0 Å². The van der Waals surface area contributed by atoms with Gasteiger partial charge >= 0.3 is 0 Å². The smallest absolute Gasteiger partial charge is 0.164 e. The number of rotatable bonds is 3. The molecule has 0 amide bonds. The highest BCUT2D eigenvalue weighted by atomic mass is 19.2. The van der Waals surface area contributed by atoms with E-state index in [9.17, 15) is 13.9 Å². The Labute approximate surface area is 99.4 Å². The molecule has 1 fully saturated rings. The van der Waals surface area contributed by atoms with Gasteiger partial charge in [0, 0.05) is 17.5 Å². The van der Waals surface area contributed by atoms with Gasteiger partial charge in [0.1, 0.15) is 0 Å². The van der Waals surface area contributed by atoms with Crippen molar-refractivity contribution in [3.8, 4) is 0 Å². The van der Waals surface area contributed by atoms with Crippen LogP contribution in [0.4, 0.5) is 8.78 Å². The molecule has 1 aliphatic carbocycles. The minimum absolute atomic E-state index is 0.0253. The molecular weight excluding hydrogens is 224 g/mol. The Morgan fingerprint density at radius 2 is 1.94 bits per heavy atom. The second-order valence-corrected chi connectivity index (χ2v) is 4.82. The first-order chi connectivity index (χ1) is 8.10. The van der Waals surface area contributed by atoms with Crippen molar-refractivity contribution < 1.29 is 13.9 Å². The minimum Gasteiger partial charge on any atom is -0.388 e. The molecule has 1 atom stereocenters. The maximum atomic E-state index is 13.6. The molecule has 0 heterocycles. The van der Waals surface area contributed by atoms with Crippen LogP contribution >= 0.6 is 0 Å². The zero-order valence-corrected chi connectivity index (χ0v) is 9.63.